The quantitative estimate of drug-likeness (QED) is 0.753. The van der Waals surface area contributed by atoms with Gasteiger partial charge in [0.15, 0.2) is 10.3 Å². The molecule has 0 fully saturated rings. The number of aromatic nitrogens is 3. The van der Waals surface area contributed by atoms with Crippen molar-refractivity contribution in [3.8, 4) is 12.0 Å². The van der Waals surface area contributed by atoms with Crippen LogP contribution in [0.25, 0.3) is 0 Å². The van der Waals surface area contributed by atoms with Crippen LogP contribution in [0.1, 0.15) is 0 Å². The SMILES string of the molecule is COc1nc(NC(=O)N(c2ccccc2)S(=O)(=O)[O-])nc(OC)n1. The number of carbonyl (C=O) groups is 1. The minimum absolute atomic E-state index is 0.0374. The first-order valence-corrected chi connectivity index (χ1v) is 7.68. The Balaban J connectivity index is 2.35. The van der Waals surface area contributed by atoms with E-state index in [9.17, 15) is 17.8 Å². The van der Waals surface area contributed by atoms with E-state index in [0.717, 1.165) is 0 Å². The third-order valence-corrected chi connectivity index (χ3v) is 3.40. The summed E-state index contributed by atoms with van der Waals surface area (Å²) >= 11 is 0. The van der Waals surface area contributed by atoms with E-state index in [-0.39, 0.29) is 28.0 Å². The van der Waals surface area contributed by atoms with Crippen molar-refractivity contribution in [1.82, 2.24) is 15.0 Å². The van der Waals surface area contributed by atoms with E-state index in [1.165, 1.54) is 38.5 Å². The molecule has 0 aliphatic carbocycles. The summed E-state index contributed by atoms with van der Waals surface area (Å²) in [4.78, 5) is 23.4. The number of anilines is 2. The van der Waals surface area contributed by atoms with Gasteiger partial charge in [0.25, 0.3) is 0 Å². The summed E-state index contributed by atoms with van der Waals surface area (Å²) in [6.07, 6.45) is 0. The number of para-hydroxylation sites is 1. The Morgan fingerprint density at radius 2 is 1.62 bits per heavy atom. The Kier molecular flexibility index (Phi) is 5.11. The molecule has 24 heavy (non-hydrogen) atoms. The minimum Gasteiger partial charge on any atom is -0.730 e. The van der Waals surface area contributed by atoms with Crippen molar-refractivity contribution in [2.75, 3.05) is 23.8 Å². The Labute approximate surface area is 137 Å². The van der Waals surface area contributed by atoms with Gasteiger partial charge >= 0.3 is 18.1 Å². The van der Waals surface area contributed by atoms with Gasteiger partial charge in [-0.1, -0.05) is 18.2 Å². The molecule has 0 radical (unpaired) electrons. The van der Waals surface area contributed by atoms with Crippen molar-refractivity contribution >= 4 is 28.0 Å². The first-order valence-electron chi connectivity index (χ1n) is 6.31. The third-order valence-electron chi connectivity index (χ3n) is 2.58. The van der Waals surface area contributed by atoms with Gasteiger partial charge in [-0.2, -0.15) is 14.3 Å². The summed E-state index contributed by atoms with van der Waals surface area (Å²) in [6.45, 7) is 0. The Hall–Kier alpha value is -2.99. The number of nitrogens with one attached hydrogen (secondary N) is 1. The van der Waals surface area contributed by atoms with Crippen LogP contribution in [0.5, 0.6) is 12.0 Å². The zero-order valence-corrected chi connectivity index (χ0v) is 13.3. The maximum atomic E-state index is 12.2. The lowest BCUT2D eigenvalue weighted by Crippen LogP contribution is -2.40. The fraction of sp³-hybridized carbons (Fsp3) is 0.167. The number of benzene rings is 1. The standard InChI is InChI=1S/C12H13N5O6S/c1-22-10-13-9(14-11(16-10)23-2)15-12(18)17(24(19,20)21)8-6-4-3-5-7-8/h3-7H,1-2H3,(H,19,20,21)(H,13,14,15,16,18)/p-1. The third kappa shape index (κ3) is 4.05. The summed E-state index contributed by atoms with van der Waals surface area (Å²) in [5, 5.41) is 2.08. The summed E-state index contributed by atoms with van der Waals surface area (Å²) in [5.74, 6) is -0.353. The fourth-order valence-corrected chi connectivity index (χ4v) is 2.26. The van der Waals surface area contributed by atoms with Gasteiger partial charge in [0, 0.05) is 0 Å². The predicted octanol–water partition coefficient (Wildman–Crippen LogP) is 0.387. The fourth-order valence-electron chi connectivity index (χ4n) is 1.63. The lowest BCUT2D eigenvalue weighted by molar-refractivity contribution is 0.259. The van der Waals surface area contributed by atoms with Crippen LogP contribution in [0.2, 0.25) is 0 Å². The molecule has 0 aliphatic heterocycles. The lowest BCUT2D eigenvalue weighted by Gasteiger charge is -2.24. The first kappa shape index (κ1) is 17.4. The van der Waals surface area contributed by atoms with Crippen LogP contribution in [-0.2, 0) is 10.3 Å². The lowest BCUT2D eigenvalue weighted by atomic mass is 10.3. The number of amides is 2. The van der Waals surface area contributed by atoms with E-state index in [2.05, 4.69) is 20.3 Å². The Bertz CT molecular complexity index is 807. The molecule has 1 N–H and O–H groups in total. The van der Waals surface area contributed by atoms with Crippen LogP contribution in [0.15, 0.2) is 30.3 Å². The second-order valence-corrected chi connectivity index (χ2v) is 5.34. The van der Waals surface area contributed by atoms with Crippen LogP contribution in [0.3, 0.4) is 0 Å². The molecule has 0 spiro atoms. The van der Waals surface area contributed by atoms with E-state index in [4.69, 9.17) is 9.47 Å². The van der Waals surface area contributed by atoms with E-state index >= 15 is 0 Å². The maximum absolute atomic E-state index is 12.2. The van der Waals surface area contributed by atoms with Gasteiger partial charge < -0.3 is 14.0 Å². The molecule has 1 aromatic carbocycles. The van der Waals surface area contributed by atoms with Crippen molar-refractivity contribution in [2.24, 2.45) is 0 Å². The summed E-state index contributed by atoms with van der Waals surface area (Å²) in [6, 6.07) is 5.48. The molecule has 0 aliphatic rings. The molecule has 11 nitrogen and oxygen atoms in total. The van der Waals surface area contributed by atoms with Gasteiger partial charge in [-0.15, -0.1) is 4.98 Å². The highest BCUT2D eigenvalue weighted by molar-refractivity contribution is 7.88. The largest absolute Gasteiger partial charge is 0.730 e. The van der Waals surface area contributed by atoms with Crippen molar-refractivity contribution in [3.63, 3.8) is 0 Å². The number of hydrogen-bond acceptors (Lipinski definition) is 9. The number of nitrogens with zero attached hydrogens (tertiary/aromatic N) is 4. The smallest absolute Gasteiger partial charge is 0.341 e. The average molecular weight is 354 g/mol. The highest BCUT2D eigenvalue weighted by atomic mass is 32.2. The van der Waals surface area contributed by atoms with Crippen molar-refractivity contribution in [3.05, 3.63) is 30.3 Å². The van der Waals surface area contributed by atoms with Gasteiger partial charge in [-0.05, 0) is 12.1 Å². The zero-order valence-electron chi connectivity index (χ0n) is 12.5. The molecule has 128 valence electrons. The van der Waals surface area contributed by atoms with E-state index in [0.29, 0.717) is 0 Å². The molecule has 0 saturated carbocycles. The average Bonchev–Trinajstić information content (AvgIpc) is 2.54. The van der Waals surface area contributed by atoms with Gasteiger partial charge in [-0.25, -0.2) is 13.2 Å². The summed E-state index contributed by atoms with van der Waals surface area (Å²) < 4.78 is 43.9. The molecule has 2 rings (SSSR count). The summed E-state index contributed by atoms with van der Waals surface area (Å²) in [5.41, 5.74) is -0.141. The number of ether oxygens (including phenoxy) is 2. The van der Waals surface area contributed by atoms with Crippen LogP contribution >= 0.6 is 0 Å². The Morgan fingerprint density at radius 3 is 2.08 bits per heavy atom. The van der Waals surface area contributed by atoms with E-state index in [1.54, 1.807) is 6.07 Å². The minimum atomic E-state index is -5.13. The van der Waals surface area contributed by atoms with Crippen LogP contribution in [0.4, 0.5) is 16.4 Å². The number of carbonyl (C=O) groups excluding carboxylic acids is 1. The van der Waals surface area contributed by atoms with Crippen molar-refractivity contribution < 1.29 is 27.2 Å². The molecule has 0 bridgehead atoms. The monoisotopic (exact) mass is 354 g/mol. The topological polar surface area (TPSA) is 147 Å². The highest BCUT2D eigenvalue weighted by Crippen LogP contribution is 2.19. The van der Waals surface area contributed by atoms with Gasteiger partial charge in [0.2, 0.25) is 5.95 Å². The second kappa shape index (κ2) is 7.06. The highest BCUT2D eigenvalue weighted by Gasteiger charge is 2.23. The second-order valence-electron chi connectivity index (χ2n) is 4.12. The molecular formula is C12H12N5O6S-. The molecule has 12 heteroatoms. The normalized spacial score (nSPS) is 10.8. The zero-order chi connectivity index (χ0) is 17.7. The molecule has 1 heterocycles. The van der Waals surface area contributed by atoms with E-state index < -0.39 is 16.3 Å². The molecule has 0 unspecified atom stereocenters. The molecular weight excluding hydrogens is 342 g/mol. The van der Waals surface area contributed by atoms with Gasteiger partial charge in [-0.3, -0.25) is 5.32 Å². The molecule has 2 amide bonds. The number of methoxy groups -OCH3 is 2. The number of rotatable bonds is 5. The summed E-state index contributed by atoms with van der Waals surface area (Å²) in [7, 11) is -2.58. The number of urea groups is 1. The molecule has 0 atom stereocenters. The number of hydrogen-bond donors (Lipinski definition) is 1. The van der Waals surface area contributed by atoms with Crippen molar-refractivity contribution in [2.45, 2.75) is 0 Å². The van der Waals surface area contributed by atoms with E-state index in [1.807, 2.05) is 0 Å². The molecule has 2 aromatic rings. The van der Waals surface area contributed by atoms with Crippen LogP contribution in [0, 0.1) is 0 Å². The molecule has 1 aromatic heterocycles. The van der Waals surface area contributed by atoms with Gasteiger partial charge in [0.05, 0.1) is 19.9 Å². The maximum Gasteiger partial charge on any atom is 0.341 e. The van der Waals surface area contributed by atoms with Gasteiger partial charge in [0.1, 0.15) is 0 Å². The Morgan fingerprint density at radius 1 is 1.08 bits per heavy atom. The van der Waals surface area contributed by atoms with Crippen LogP contribution in [-0.4, -0.2) is 48.2 Å². The first-order chi connectivity index (χ1) is 11.3. The van der Waals surface area contributed by atoms with Crippen molar-refractivity contribution in [1.29, 1.82) is 0 Å². The molecule has 0 saturated heterocycles. The predicted molar refractivity (Wildman–Crippen MR) is 80.6 cm³/mol. The van der Waals surface area contributed by atoms with Crippen LogP contribution < -0.4 is 19.1 Å².